The van der Waals surface area contributed by atoms with E-state index in [0.29, 0.717) is 11.3 Å². The second-order valence-electron chi connectivity index (χ2n) is 7.70. The quantitative estimate of drug-likeness (QED) is 0.314. The van der Waals surface area contributed by atoms with E-state index in [-0.39, 0.29) is 16.8 Å². The van der Waals surface area contributed by atoms with Gasteiger partial charge in [-0.1, -0.05) is 11.6 Å². The third-order valence-corrected chi connectivity index (χ3v) is 5.42. The number of ketones is 1. The van der Waals surface area contributed by atoms with Gasteiger partial charge >= 0.3 is 6.36 Å². The molecule has 1 N–H and O–H groups in total. The Morgan fingerprint density at radius 2 is 1.69 bits per heavy atom. The summed E-state index contributed by atoms with van der Waals surface area (Å²) < 4.78 is 46.9. The third kappa shape index (κ3) is 4.68. The van der Waals surface area contributed by atoms with E-state index in [0.717, 1.165) is 22.6 Å². The smallest absolute Gasteiger partial charge is 0.507 e. The Balaban J connectivity index is 1.88. The molecule has 1 aliphatic heterocycles. The first-order valence-electron chi connectivity index (χ1n) is 10.3. The van der Waals surface area contributed by atoms with Crippen LogP contribution in [0.25, 0.3) is 5.76 Å². The zero-order valence-electron chi connectivity index (χ0n) is 18.5. The minimum Gasteiger partial charge on any atom is -0.507 e. The van der Waals surface area contributed by atoms with Gasteiger partial charge in [-0.05, 0) is 61.0 Å². The van der Waals surface area contributed by atoms with Gasteiger partial charge in [-0.3, -0.25) is 19.5 Å². The Bertz CT molecular complexity index is 1300. The lowest BCUT2D eigenvalue weighted by Crippen LogP contribution is -2.29. The van der Waals surface area contributed by atoms with Gasteiger partial charge in [-0.15, -0.1) is 13.2 Å². The maximum atomic E-state index is 13.2. The number of rotatable bonds is 5. The molecule has 180 valence electrons. The van der Waals surface area contributed by atoms with Crippen LogP contribution in [0.1, 0.15) is 22.7 Å². The van der Waals surface area contributed by atoms with Crippen LogP contribution in [0.3, 0.4) is 0 Å². The zero-order valence-corrected chi connectivity index (χ0v) is 18.5. The summed E-state index contributed by atoms with van der Waals surface area (Å²) in [5.41, 5.74) is 1.41. The highest BCUT2D eigenvalue weighted by molar-refractivity contribution is 6.51. The van der Waals surface area contributed by atoms with Gasteiger partial charge < -0.3 is 14.6 Å². The van der Waals surface area contributed by atoms with Crippen molar-refractivity contribution in [2.75, 3.05) is 12.0 Å². The monoisotopic (exact) mass is 484 g/mol. The van der Waals surface area contributed by atoms with Gasteiger partial charge in [-0.25, -0.2) is 0 Å². The molecular weight excluding hydrogens is 465 g/mol. The molecule has 1 saturated heterocycles. The predicted octanol–water partition coefficient (Wildman–Crippen LogP) is 4.92. The average molecular weight is 484 g/mol. The number of aromatic nitrogens is 1. The number of benzene rings is 2. The molecule has 1 atom stereocenters. The maximum Gasteiger partial charge on any atom is 0.573 e. The number of halogens is 3. The number of carbonyl (C=O) groups excluding carboxylic acids is 2. The number of carbonyl (C=O) groups is 2. The van der Waals surface area contributed by atoms with Crippen LogP contribution in [-0.4, -0.2) is 35.3 Å². The molecule has 2 aromatic carbocycles. The van der Waals surface area contributed by atoms with E-state index in [9.17, 15) is 27.9 Å². The van der Waals surface area contributed by atoms with E-state index in [1.807, 2.05) is 0 Å². The molecule has 4 rings (SSSR count). The first kappa shape index (κ1) is 23.8. The van der Waals surface area contributed by atoms with Gasteiger partial charge in [0.15, 0.2) is 0 Å². The van der Waals surface area contributed by atoms with E-state index in [4.69, 9.17) is 4.74 Å². The molecule has 1 amide bonds. The summed E-state index contributed by atoms with van der Waals surface area (Å²) in [6.07, 6.45) is -1.96. The summed E-state index contributed by atoms with van der Waals surface area (Å²) in [5, 5.41) is 11.3. The highest BCUT2D eigenvalue weighted by Crippen LogP contribution is 2.43. The van der Waals surface area contributed by atoms with E-state index in [1.165, 1.54) is 31.6 Å². The molecule has 2 heterocycles. The molecule has 1 aromatic heterocycles. The molecule has 1 aliphatic rings. The Labute approximate surface area is 198 Å². The molecule has 0 radical (unpaired) electrons. The molecule has 7 nitrogen and oxygen atoms in total. The van der Waals surface area contributed by atoms with Crippen LogP contribution in [0.2, 0.25) is 0 Å². The average Bonchev–Trinajstić information content (AvgIpc) is 3.09. The largest absolute Gasteiger partial charge is 0.573 e. The number of aliphatic hydroxyl groups is 1. The molecule has 0 saturated carbocycles. The number of methoxy groups -OCH3 is 1. The first-order valence-corrected chi connectivity index (χ1v) is 10.3. The van der Waals surface area contributed by atoms with Crippen molar-refractivity contribution in [2.24, 2.45) is 0 Å². The summed E-state index contributed by atoms with van der Waals surface area (Å²) in [6.45, 7) is 1.79. The van der Waals surface area contributed by atoms with Crippen molar-refractivity contribution >= 4 is 23.1 Å². The number of aliphatic hydroxyl groups excluding tert-OH is 1. The summed E-state index contributed by atoms with van der Waals surface area (Å²) >= 11 is 0. The summed E-state index contributed by atoms with van der Waals surface area (Å²) in [4.78, 5) is 31.4. The van der Waals surface area contributed by atoms with E-state index >= 15 is 0 Å². The van der Waals surface area contributed by atoms with Crippen LogP contribution < -0.4 is 14.4 Å². The molecule has 0 aliphatic carbocycles. The van der Waals surface area contributed by atoms with Gasteiger partial charge in [0.25, 0.3) is 11.7 Å². The Morgan fingerprint density at radius 3 is 2.29 bits per heavy atom. The number of aryl methyl sites for hydroxylation is 1. The number of alkyl halides is 3. The van der Waals surface area contributed by atoms with E-state index in [2.05, 4.69) is 9.72 Å². The molecule has 3 aromatic rings. The lowest BCUT2D eigenvalue weighted by atomic mass is 9.95. The topological polar surface area (TPSA) is 89.0 Å². The fraction of sp³-hybridized carbons (Fsp3) is 0.160. The standard InChI is InChI=1S/C25H19F3N2O5/c1-14-3-8-19(34-2)18(13-14)22(31)20-21(15-9-11-29-12-10-15)30(24(33)23(20)32)16-4-6-17(7-5-16)35-25(26,27)28/h3-13,21,31H,1-2H3/b22-20+. The van der Waals surface area contributed by atoms with Gasteiger partial charge in [0.05, 0.1) is 24.3 Å². The predicted molar refractivity (Wildman–Crippen MR) is 120 cm³/mol. The van der Waals surface area contributed by atoms with Crippen LogP contribution in [0.15, 0.2) is 72.6 Å². The molecule has 1 unspecified atom stereocenters. The maximum absolute atomic E-state index is 13.2. The lowest BCUT2D eigenvalue weighted by molar-refractivity contribution is -0.274. The van der Waals surface area contributed by atoms with Gasteiger partial charge in [-0.2, -0.15) is 0 Å². The number of pyridine rings is 1. The van der Waals surface area contributed by atoms with E-state index < -0.39 is 35.6 Å². The first-order chi connectivity index (χ1) is 16.6. The number of hydrogen-bond donors (Lipinski definition) is 1. The van der Waals surface area contributed by atoms with Crippen molar-refractivity contribution in [2.45, 2.75) is 19.3 Å². The van der Waals surface area contributed by atoms with Crippen LogP contribution in [0.4, 0.5) is 18.9 Å². The van der Waals surface area contributed by atoms with Crippen LogP contribution in [-0.2, 0) is 9.59 Å². The van der Waals surface area contributed by atoms with Crippen molar-refractivity contribution < 1.29 is 37.3 Å². The number of hydrogen-bond acceptors (Lipinski definition) is 6. The van der Waals surface area contributed by atoms with Gasteiger partial charge in [0.2, 0.25) is 0 Å². The van der Waals surface area contributed by atoms with Crippen LogP contribution >= 0.6 is 0 Å². The Morgan fingerprint density at radius 1 is 1.03 bits per heavy atom. The van der Waals surface area contributed by atoms with E-state index in [1.54, 1.807) is 37.3 Å². The Hall–Kier alpha value is -4.34. The van der Waals surface area contributed by atoms with Crippen molar-refractivity contribution in [3.05, 3.63) is 89.3 Å². The SMILES string of the molecule is COc1ccc(C)cc1/C(O)=C1\C(=O)C(=O)N(c2ccc(OC(F)(F)F)cc2)C1c1ccncc1. The zero-order chi connectivity index (χ0) is 25.3. The van der Waals surface area contributed by atoms with Crippen molar-refractivity contribution in [1.82, 2.24) is 4.98 Å². The Kier molecular flexibility index (Phi) is 6.21. The number of Topliss-reactive ketones (excluding diaryl/α,β-unsaturated/α-hetero) is 1. The fourth-order valence-corrected chi connectivity index (χ4v) is 3.92. The van der Waals surface area contributed by atoms with Crippen molar-refractivity contribution in [3.8, 4) is 11.5 Å². The lowest BCUT2D eigenvalue weighted by Gasteiger charge is -2.25. The highest BCUT2D eigenvalue weighted by Gasteiger charge is 2.47. The second kappa shape index (κ2) is 9.13. The van der Waals surface area contributed by atoms with Crippen molar-refractivity contribution in [1.29, 1.82) is 0 Å². The minimum absolute atomic E-state index is 0.138. The summed E-state index contributed by atoms with van der Waals surface area (Å²) in [5.74, 6) is -2.54. The summed E-state index contributed by atoms with van der Waals surface area (Å²) in [7, 11) is 1.41. The number of anilines is 1. The molecule has 10 heteroatoms. The number of nitrogens with zero attached hydrogens (tertiary/aromatic N) is 2. The van der Waals surface area contributed by atoms with Crippen LogP contribution in [0, 0.1) is 6.92 Å². The normalized spacial score (nSPS) is 17.5. The number of amides is 1. The molecular formula is C25H19F3N2O5. The molecule has 0 bridgehead atoms. The summed E-state index contributed by atoms with van der Waals surface area (Å²) in [6, 6.07) is 11.6. The van der Waals surface area contributed by atoms with Gasteiger partial charge in [0.1, 0.15) is 17.3 Å². The molecule has 35 heavy (non-hydrogen) atoms. The highest BCUT2D eigenvalue weighted by atomic mass is 19.4. The van der Waals surface area contributed by atoms with Crippen molar-refractivity contribution in [3.63, 3.8) is 0 Å². The fourth-order valence-electron chi connectivity index (χ4n) is 3.92. The molecule has 1 fully saturated rings. The van der Waals surface area contributed by atoms with Crippen LogP contribution in [0.5, 0.6) is 11.5 Å². The number of ether oxygens (including phenoxy) is 2. The second-order valence-corrected chi connectivity index (χ2v) is 7.70. The minimum atomic E-state index is -4.88. The third-order valence-electron chi connectivity index (χ3n) is 5.42. The molecule has 0 spiro atoms. The van der Waals surface area contributed by atoms with Gasteiger partial charge in [0, 0.05) is 18.1 Å².